The monoisotopic (exact) mass is 305 g/mol. The van der Waals surface area contributed by atoms with Crippen LogP contribution in [0.4, 0.5) is 0 Å². The Balaban J connectivity index is 1.83. The molecule has 4 nitrogen and oxygen atoms in total. The summed E-state index contributed by atoms with van der Waals surface area (Å²) in [5.74, 6) is 0.207. The van der Waals surface area contributed by atoms with E-state index >= 15 is 0 Å². The standard InChI is InChI=1S/C18H27NO3/c1-18(2,17(20)21)11-12-19-13-14-7-3-6-10-16(14)22-15-8-4-5-9-15/h3,6-7,10,15,19H,4-5,8-9,11-13H2,1-2H3,(H,20,21). The zero-order chi connectivity index (χ0) is 16.0. The van der Waals surface area contributed by atoms with Crippen LogP contribution in [0.15, 0.2) is 24.3 Å². The number of para-hydroxylation sites is 1. The minimum absolute atomic E-state index is 0.354. The molecule has 1 aliphatic carbocycles. The average Bonchev–Trinajstić information content (AvgIpc) is 2.98. The molecule has 0 radical (unpaired) electrons. The lowest BCUT2D eigenvalue weighted by Crippen LogP contribution is -2.29. The Kier molecular flexibility index (Phi) is 5.83. The van der Waals surface area contributed by atoms with Crippen molar-refractivity contribution >= 4 is 5.97 Å². The number of hydrogen-bond acceptors (Lipinski definition) is 3. The number of nitrogens with one attached hydrogen (secondary N) is 1. The van der Waals surface area contributed by atoms with Crippen LogP contribution in [-0.2, 0) is 11.3 Å². The first kappa shape index (κ1) is 16.8. The summed E-state index contributed by atoms with van der Waals surface area (Å²) < 4.78 is 6.11. The van der Waals surface area contributed by atoms with Gasteiger partial charge in [-0.25, -0.2) is 0 Å². The summed E-state index contributed by atoms with van der Waals surface area (Å²) in [6.07, 6.45) is 5.77. The second kappa shape index (κ2) is 7.63. The molecule has 122 valence electrons. The van der Waals surface area contributed by atoms with Gasteiger partial charge in [-0.1, -0.05) is 18.2 Å². The van der Waals surface area contributed by atoms with Gasteiger partial charge in [0.15, 0.2) is 0 Å². The molecule has 2 N–H and O–H groups in total. The van der Waals surface area contributed by atoms with Crippen LogP contribution < -0.4 is 10.1 Å². The highest BCUT2D eigenvalue weighted by molar-refractivity contribution is 5.73. The lowest BCUT2D eigenvalue weighted by molar-refractivity contribution is -0.147. The van der Waals surface area contributed by atoms with Crippen LogP contribution in [-0.4, -0.2) is 23.7 Å². The molecule has 0 bridgehead atoms. The lowest BCUT2D eigenvalue weighted by Gasteiger charge is -2.20. The van der Waals surface area contributed by atoms with Crippen molar-refractivity contribution in [3.05, 3.63) is 29.8 Å². The van der Waals surface area contributed by atoms with Crippen LogP contribution in [0.3, 0.4) is 0 Å². The Morgan fingerprint density at radius 2 is 2.00 bits per heavy atom. The number of hydrogen-bond donors (Lipinski definition) is 2. The first-order valence-electron chi connectivity index (χ1n) is 8.18. The minimum atomic E-state index is -0.751. The Hall–Kier alpha value is -1.55. The van der Waals surface area contributed by atoms with E-state index in [9.17, 15) is 4.79 Å². The van der Waals surface area contributed by atoms with Crippen molar-refractivity contribution in [1.29, 1.82) is 0 Å². The molecule has 4 heteroatoms. The molecule has 0 heterocycles. The molecule has 1 saturated carbocycles. The zero-order valence-electron chi connectivity index (χ0n) is 13.6. The van der Waals surface area contributed by atoms with Gasteiger partial charge in [0, 0.05) is 12.1 Å². The number of ether oxygens (including phenoxy) is 1. The van der Waals surface area contributed by atoms with Gasteiger partial charge >= 0.3 is 5.97 Å². The zero-order valence-corrected chi connectivity index (χ0v) is 13.6. The van der Waals surface area contributed by atoms with Gasteiger partial charge in [0.05, 0.1) is 11.5 Å². The predicted molar refractivity (Wildman–Crippen MR) is 87.1 cm³/mol. The number of aliphatic carboxylic acids is 1. The van der Waals surface area contributed by atoms with Gasteiger partial charge in [-0.05, 0) is 58.6 Å². The Morgan fingerprint density at radius 3 is 2.68 bits per heavy atom. The fourth-order valence-electron chi connectivity index (χ4n) is 2.68. The van der Waals surface area contributed by atoms with E-state index in [1.54, 1.807) is 13.8 Å². The number of rotatable bonds is 8. The second-order valence-electron chi connectivity index (χ2n) is 6.75. The van der Waals surface area contributed by atoms with Crippen molar-refractivity contribution in [2.24, 2.45) is 5.41 Å². The molecule has 0 amide bonds. The molecule has 0 unspecified atom stereocenters. The predicted octanol–water partition coefficient (Wildman–Crippen LogP) is 3.60. The third-order valence-electron chi connectivity index (χ3n) is 4.39. The van der Waals surface area contributed by atoms with Gasteiger partial charge in [0.25, 0.3) is 0 Å². The fourth-order valence-corrected chi connectivity index (χ4v) is 2.68. The summed E-state index contributed by atoms with van der Waals surface area (Å²) in [4.78, 5) is 11.1. The summed E-state index contributed by atoms with van der Waals surface area (Å²) in [5, 5.41) is 12.4. The molecular formula is C18H27NO3. The second-order valence-corrected chi connectivity index (χ2v) is 6.75. The molecule has 0 atom stereocenters. The topological polar surface area (TPSA) is 58.6 Å². The minimum Gasteiger partial charge on any atom is -0.490 e. The highest BCUT2D eigenvalue weighted by atomic mass is 16.5. The average molecular weight is 305 g/mol. The van der Waals surface area contributed by atoms with Crippen molar-refractivity contribution < 1.29 is 14.6 Å². The van der Waals surface area contributed by atoms with Gasteiger partial charge in [-0.2, -0.15) is 0 Å². The van der Waals surface area contributed by atoms with Gasteiger partial charge < -0.3 is 15.2 Å². The third-order valence-corrected chi connectivity index (χ3v) is 4.39. The number of carbonyl (C=O) groups is 1. The van der Waals surface area contributed by atoms with E-state index in [4.69, 9.17) is 9.84 Å². The van der Waals surface area contributed by atoms with Crippen LogP contribution in [0.25, 0.3) is 0 Å². The van der Waals surface area contributed by atoms with Crippen molar-refractivity contribution in [3.63, 3.8) is 0 Å². The summed E-state index contributed by atoms with van der Waals surface area (Å²) >= 11 is 0. The summed E-state index contributed by atoms with van der Waals surface area (Å²) in [5.41, 5.74) is 0.454. The smallest absolute Gasteiger partial charge is 0.309 e. The number of carboxylic acids is 1. The van der Waals surface area contributed by atoms with E-state index in [0.717, 1.165) is 24.2 Å². The first-order chi connectivity index (χ1) is 10.5. The van der Waals surface area contributed by atoms with E-state index in [-0.39, 0.29) is 0 Å². The maximum atomic E-state index is 11.1. The molecule has 0 aliphatic heterocycles. The molecule has 2 rings (SSSR count). The molecule has 1 aliphatic rings. The van der Waals surface area contributed by atoms with Crippen LogP contribution in [0, 0.1) is 5.41 Å². The molecular weight excluding hydrogens is 278 g/mol. The first-order valence-corrected chi connectivity index (χ1v) is 8.18. The molecule has 1 fully saturated rings. The van der Waals surface area contributed by atoms with Crippen LogP contribution in [0.5, 0.6) is 5.75 Å². The molecule has 22 heavy (non-hydrogen) atoms. The maximum absolute atomic E-state index is 11.1. The van der Waals surface area contributed by atoms with Crippen molar-refractivity contribution in [2.45, 2.75) is 58.6 Å². The van der Waals surface area contributed by atoms with Gasteiger partial charge in [0.1, 0.15) is 5.75 Å². The van der Waals surface area contributed by atoms with Crippen molar-refractivity contribution in [2.75, 3.05) is 6.54 Å². The Labute approximate surface area is 132 Å². The molecule has 1 aromatic carbocycles. The van der Waals surface area contributed by atoms with E-state index < -0.39 is 11.4 Å². The molecule has 0 saturated heterocycles. The van der Waals surface area contributed by atoms with Gasteiger partial charge in [0.2, 0.25) is 0 Å². The van der Waals surface area contributed by atoms with E-state index in [2.05, 4.69) is 11.4 Å². The SMILES string of the molecule is CC(C)(CCNCc1ccccc1OC1CCCC1)C(=O)O. The van der Waals surface area contributed by atoms with Gasteiger partial charge in [-0.15, -0.1) is 0 Å². The number of benzene rings is 1. The highest BCUT2D eigenvalue weighted by Gasteiger charge is 2.26. The van der Waals surface area contributed by atoms with Crippen molar-refractivity contribution in [3.8, 4) is 5.75 Å². The lowest BCUT2D eigenvalue weighted by atomic mass is 9.90. The summed E-state index contributed by atoms with van der Waals surface area (Å²) in [6.45, 7) is 4.90. The Bertz CT molecular complexity index is 493. The van der Waals surface area contributed by atoms with E-state index in [1.807, 2.05) is 18.2 Å². The van der Waals surface area contributed by atoms with Crippen LogP contribution >= 0.6 is 0 Å². The largest absolute Gasteiger partial charge is 0.490 e. The van der Waals surface area contributed by atoms with Crippen LogP contribution in [0.2, 0.25) is 0 Å². The van der Waals surface area contributed by atoms with E-state index in [0.29, 0.717) is 25.6 Å². The summed E-state index contributed by atoms with van der Waals surface area (Å²) in [7, 11) is 0. The quantitative estimate of drug-likeness (QED) is 0.721. The normalized spacial score (nSPS) is 15.9. The maximum Gasteiger partial charge on any atom is 0.309 e. The Morgan fingerprint density at radius 1 is 1.32 bits per heavy atom. The summed E-state index contributed by atoms with van der Waals surface area (Å²) in [6, 6.07) is 8.11. The van der Waals surface area contributed by atoms with Crippen LogP contribution in [0.1, 0.15) is 51.5 Å². The number of carboxylic acid groups (broad SMARTS) is 1. The molecule has 1 aromatic rings. The molecule has 0 spiro atoms. The van der Waals surface area contributed by atoms with Crippen molar-refractivity contribution in [1.82, 2.24) is 5.32 Å². The fraction of sp³-hybridized carbons (Fsp3) is 0.611. The third kappa shape index (κ3) is 4.73. The van der Waals surface area contributed by atoms with E-state index in [1.165, 1.54) is 12.8 Å². The molecule has 0 aromatic heterocycles. The van der Waals surface area contributed by atoms with Gasteiger partial charge in [-0.3, -0.25) is 4.79 Å². The highest BCUT2D eigenvalue weighted by Crippen LogP contribution is 2.26.